The highest BCUT2D eigenvalue weighted by Gasteiger charge is 2.21. The summed E-state index contributed by atoms with van der Waals surface area (Å²) in [5, 5.41) is 9.31. The van der Waals surface area contributed by atoms with Gasteiger partial charge in [0.25, 0.3) is 5.91 Å². The number of aldehydes is 1. The lowest BCUT2D eigenvalue weighted by Crippen LogP contribution is -2.40. The number of aliphatic hydroxyl groups excluding tert-OH is 1. The van der Waals surface area contributed by atoms with Crippen molar-refractivity contribution < 1.29 is 14.7 Å². The topological polar surface area (TPSA) is 57.6 Å². The molecule has 1 heterocycles. The molecule has 4 nitrogen and oxygen atoms in total. The minimum absolute atomic E-state index is 0.159. The summed E-state index contributed by atoms with van der Waals surface area (Å²) >= 11 is 0. The highest BCUT2D eigenvalue weighted by Crippen LogP contribution is 2.13. The van der Waals surface area contributed by atoms with Gasteiger partial charge in [0.2, 0.25) is 0 Å². The number of hydrogen-bond acceptors (Lipinski definition) is 3. The normalized spacial score (nSPS) is 18.4. The quantitative estimate of drug-likeness (QED) is 0.434. The van der Waals surface area contributed by atoms with Gasteiger partial charge in [0.05, 0.1) is 6.10 Å². The van der Waals surface area contributed by atoms with Crippen molar-refractivity contribution in [1.82, 2.24) is 4.90 Å². The Morgan fingerprint density at radius 3 is 2.50 bits per heavy atom. The Hall–Kier alpha value is -1.42. The lowest BCUT2D eigenvalue weighted by atomic mass is 10.1. The average molecular weight is 223 g/mol. The van der Waals surface area contributed by atoms with Crippen molar-refractivity contribution in [2.45, 2.75) is 25.9 Å². The van der Waals surface area contributed by atoms with Crippen LogP contribution in [0, 0.1) is 0 Å². The molecule has 0 aromatic carbocycles. The fourth-order valence-electron chi connectivity index (χ4n) is 1.64. The van der Waals surface area contributed by atoms with Gasteiger partial charge in [0.1, 0.15) is 6.29 Å². The fraction of sp³-hybridized carbons (Fsp3) is 0.500. The molecule has 0 aliphatic carbocycles. The van der Waals surface area contributed by atoms with E-state index in [0.29, 0.717) is 43.4 Å². The lowest BCUT2D eigenvalue weighted by Gasteiger charge is -2.29. The second-order valence-electron chi connectivity index (χ2n) is 4.05. The maximum atomic E-state index is 11.8. The largest absolute Gasteiger partial charge is 0.393 e. The first-order chi connectivity index (χ1) is 7.54. The number of aliphatic hydroxyl groups is 1. The van der Waals surface area contributed by atoms with Crippen LogP contribution in [-0.2, 0) is 9.59 Å². The van der Waals surface area contributed by atoms with Gasteiger partial charge < -0.3 is 10.0 Å². The van der Waals surface area contributed by atoms with Gasteiger partial charge in [0.15, 0.2) is 0 Å². The van der Waals surface area contributed by atoms with E-state index in [1.54, 1.807) is 11.8 Å². The molecule has 4 heteroatoms. The summed E-state index contributed by atoms with van der Waals surface area (Å²) in [4.78, 5) is 23.9. The summed E-state index contributed by atoms with van der Waals surface area (Å²) in [5.41, 5.74) is 0.802. The lowest BCUT2D eigenvalue weighted by molar-refractivity contribution is -0.128. The van der Waals surface area contributed by atoms with Crippen molar-refractivity contribution in [3.05, 3.63) is 23.8 Å². The smallest absolute Gasteiger partial charge is 0.253 e. The van der Waals surface area contributed by atoms with E-state index in [2.05, 4.69) is 6.58 Å². The molecule has 88 valence electrons. The molecule has 0 bridgehead atoms. The third-order valence-corrected chi connectivity index (χ3v) is 2.61. The van der Waals surface area contributed by atoms with Crippen LogP contribution in [0.3, 0.4) is 0 Å². The third-order valence-electron chi connectivity index (χ3n) is 2.61. The van der Waals surface area contributed by atoms with Gasteiger partial charge in [-0.15, -0.1) is 0 Å². The zero-order valence-electron chi connectivity index (χ0n) is 9.48. The Bertz CT molecular complexity index is 325. The molecular formula is C12H17NO3. The average Bonchev–Trinajstić information content (AvgIpc) is 2.28. The van der Waals surface area contributed by atoms with E-state index < -0.39 is 0 Å². The van der Waals surface area contributed by atoms with E-state index in [1.807, 2.05) is 0 Å². The number of carbonyl (C=O) groups is 2. The molecule has 1 saturated heterocycles. The predicted molar refractivity (Wildman–Crippen MR) is 60.8 cm³/mol. The Morgan fingerprint density at radius 2 is 2.00 bits per heavy atom. The van der Waals surface area contributed by atoms with E-state index in [-0.39, 0.29) is 12.0 Å². The van der Waals surface area contributed by atoms with Crippen LogP contribution in [0.1, 0.15) is 19.8 Å². The molecule has 0 unspecified atom stereocenters. The van der Waals surface area contributed by atoms with Crippen LogP contribution in [-0.4, -0.2) is 41.4 Å². The summed E-state index contributed by atoms with van der Waals surface area (Å²) < 4.78 is 0. The molecule has 0 spiro atoms. The molecule has 16 heavy (non-hydrogen) atoms. The van der Waals surface area contributed by atoms with Gasteiger partial charge in [-0.25, -0.2) is 0 Å². The van der Waals surface area contributed by atoms with E-state index in [0.717, 1.165) is 0 Å². The van der Waals surface area contributed by atoms with Crippen LogP contribution in [0.5, 0.6) is 0 Å². The second-order valence-corrected chi connectivity index (χ2v) is 4.05. The molecule has 1 aliphatic heterocycles. The summed E-state index contributed by atoms with van der Waals surface area (Å²) in [6, 6.07) is 0. The highest BCUT2D eigenvalue weighted by molar-refractivity contribution is 5.96. The minimum atomic E-state index is -0.301. The maximum Gasteiger partial charge on any atom is 0.253 e. The molecule has 1 amide bonds. The number of carbonyl (C=O) groups excluding carboxylic acids is 2. The first kappa shape index (κ1) is 12.6. The molecule has 0 saturated carbocycles. The Labute approximate surface area is 95.2 Å². The maximum absolute atomic E-state index is 11.8. The van der Waals surface area contributed by atoms with E-state index in [1.165, 1.54) is 6.08 Å². The van der Waals surface area contributed by atoms with Crippen molar-refractivity contribution in [2.75, 3.05) is 13.1 Å². The Morgan fingerprint density at radius 1 is 1.44 bits per heavy atom. The summed E-state index contributed by atoms with van der Waals surface area (Å²) in [5.74, 6) is -0.159. The van der Waals surface area contributed by atoms with Gasteiger partial charge in [-0.05, 0) is 31.4 Å². The summed E-state index contributed by atoms with van der Waals surface area (Å²) in [6.45, 7) is 6.38. The first-order valence-corrected chi connectivity index (χ1v) is 5.34. The molecule has 1 rings (SSSR count). The number of amides is 1. The van der Waals surface area contributed by atoms with Crippen LogP contribution in [0.2, 0.25) is 0 Å². The number of allylic oxidation sites excluding steroid dienone is 1. The number of nitrogens with zero attached hydrogens (tertiary/aromatic N) is 1. The van der Waals surface area contributed by atoms with Crippen molar-refractivity contribution in [3.63, 3.8) is 0 Å². The van der Waals surface area contributed by atoms with Gasteiger partial charge in [-0.1, -0.05) is 6.58 Å². The zero-order chi connectivity index (χ0) is 12.1. The fourth-order valence-corrected chi connectivity index (χ4v) is 1.64. The number of rotatable bonds is 3. The predicted octanol–water partition coefficient (Wildman–Crippen LogP) is 0.671. The van der Waals surface area contributed by atoms with Gasteiger partial charge >= 0.3 is 0 Å². The van der Waals surface area contributed by atoms with Gasteiger partial charge in [-0.3, -0.25) is 9.59 Å². The SMILES string of the molecule is C=C(/C=C(/C)C=O)C(=O)N1CCC(O)CC1. The van der Waals surface area contributed by atoms with Crippen molar-refractivity contribution in [3.8, 4) is 0 Å². The molecule has 1 fully saturated rings. The monoisotopic (exact) mass is 223 g/mol. The number of hydrogen-bond donors (Lipinski definition) is 1. The van der Waals surface area contributed by atoms with Crippen LogP contribution in [0.25, 0.3) is 0 Å². The number of likely N-dealkylation sites (tertiary alicyclic amines) is 1. The van der Waals surface area contributed by atoms with Gasteiger partial charge in [0, 0.05) is 18.7 Å². The molecule has 0 atom stereocenters. The van der Waals surface area contributed by atoms with Crippen LogP contribution in [0.4, 0.5) is 0 Å². The molecule has 1 N–H and O–H groups in total. The molecule has 1 aliphatic rings. The highest BCUT2D eigenvalue weighted by atomic mass is 16.3. The molecule has 0 aromatic rings. The standard InChI is InChI=1S/C12H17NO3/c1-9(8-14)7-10(2)12(16)13-5-3-11(15)4-6-13/h7-8,11,15H,2-6H2,1H3/b9-7-. The minimum Gasteiger partial charge on any atom is -0.393 e. The van der Waals surface area contributed by atoms with Crippen LogP contribution >= 0.6 is 0 Å². The van der Waals surface area contributed by atoms with Crippen LogP contribution in [0.15, 0.2) is 23.8 Å². The van der Waals surface area contributed by atoms with Crippen molar-refractivity contribution in [1.29, 1.82) is 0 Å². The van der Waals surface area contributed by atoms with Crippen LogP contribution < -0.4 is 0 Å². The Kier molecular flexibility index (Phi) is 4.43. The molecule has 0 radical (unpaired) electrons. The Balaban J connectivity index is 2.58. The summed E-state index contributed by atoms with van der Waals surface area (Å²) in [7, 11) is 0. The number of piperidine rings is 1. The van der Waals surface area contributed by atoms with Gasteiger partial charge in [-0.2, -0.15) is 0 Å². The van der Waals surface area contributed by atoms with E-state index in [9.17, 15) is 14.7 Å². The summed E-state index contributed by atoms with van der Waals surface area (Å²) in [6.07, 6.45) is 3.09. The molecular weight excluding hydrogens is 206 g/mol. The van der Waals surface area contributed by atoms with Crippen molar-refractivity contribution >= 4 is 12.2 Å². The van der Waals surface area contributed by atoms with E-state index in [4.69, 9.17) is 0 Å². The van der Waals surface area contributed by atoms with Crippen molar-refractivity contribution in [2.24, 2.45) is 0 Å². The first-order valence-electron chi connectivity index (χ1n) is 5.34. The molecule has 0 aromatic heterocycles. The third kappa shape index (κ3) is 3.31. The second kappa shape index (κ2) is 5.61. The zero-order valence-corrected chi connectivity index (χ0v) is 9.48. The van der Waals surface area contributed by atoms with E-state index >= 15 is 0 Å².